The molecular weight excluding hydrogens is 350 g/mol. The average molecular weight is 368 g/mol. The third kappa shape index (κ3) is 4.72. The normalized spacial score (nSPS) is 10.5. The Morgan fingerprint density at radius 1 is 1.25 bits per heavy atom. The molecule has 0 spiro atoms. The molecule has 9 heteroatoms. The van der Waals surface area contributed by atoms with Gasteiger partial charge >= 0.3 is 6.03 Å². The molecule has 0 radical (unpaired) electrons. The number of carbonyl (C=O) groups excluding carboxylic acids is 2. The van der Waals surface area contributed by atoms with Crippen LogP contribution in [0.1, 0.15) is 13.3 Å². The molecule has 0 atom stereocenters. The van der Waals surface area contributed by atoms with Crippen molar-refractivity contribution in [1.29, 1.82) is 0 Å². The third-order valence-electron chi connectivity index (χ3n) is 3.08. The molecule has 0 aliphatic heterocycles. The van der Waals surface area contributed by atoms with E-state index >= 15 is 0 Å². The molecule has 7 nitrogen and oxygen atoms in total. The summed E-state index contributed by atoms with van der Waals surface area (Å²) in [6.45, 7) is 2.78. The van der Waals surface area contributed by atoms with Gasteiger partial charge in [0.05, 0.1) is 5.75 Å². The molecular formula is C15H18ClN5O2S. The Kier molecular flexibility index (Phi) is 6.62. The molecule has 128 valence electrons. The molecule has 0 saturated heterocycles. The van der Waals surface area contributed by atoms with Crippen molar-refractivity contribution >= 4 is 35.3 Å². The zero-order chi connectivity index (χ0) is 17.5. The predicted octanol–water partition coefficient (Wildman–Crippen LogP) is 2.56. The van der Waals surface area contributed by atoms with Crippen molar-refractivity contribution in [1.82, 2.24) is 25.4 Å². The minimum absolute atomic E-state index is 0.0793. The monoisotopic (exact) mass is 367 g/mol. The highest BCUT2D eigenvalue weighted by atomic mass is 35.5. The minimum atomic E-state index is -0.530. The molecule has 2 aromatic rings. The molecule has 1 heterocycles. The Morgan fingerprint density at radius 3 is 2.58 bits per heavy atom. The Hall–Kier alpha value is -2.06. The molecule has 2 N–H and O–H groups in total. The average Bonchev–Trinajstić information content (AvgIpc) is 2.97. The SMILES string of the molecule is CCCn1c(SCC(=O)NC(=O)NC)nnc1-c1ccc(Cl)cc1. The number of hydrogen-bond acceptors (Lipinski definition) is 5. The summed E-state index contributed by atoms with van der Waals surface area (Å²) in [7, 11) is 1.45. The van der Waals surface area contributed by atoms with Crippen LogP contribution in [0.2, 0.25) is 5.02 Å². The van der Waals surface area contributed by atoms with Gasteiger partial charge in [-0.2, -0.15) is 0 Å². The van der Waals surface area contributed by atoms with Gasteiger partial charge in [0.15, 0.2) is 11.0 Å². The van der Waals surface area contributed by atoms with Gasteiger partial charge in [0.25, 0.3) is 0 Å². The summed E-state index contributed by atoms with van der Waals surface area (Å²) < 4.78 is 1.96. The quantitative estimate of drug-likeness (QED) is 0.766. The minimum Gasteiger partial charge on any atom is -0.341 e. The van der Waals surface area contributed by atoms with Crippen LogP contribution in [0.25, 0.3) is 11.4 Å². The Morgan fingerprint density at radius 2 is 1.96 bits per heavy atom. The van der Waals surface area contributed by atoms with E-state index < -0.39 is 11.9 Å². The molecule has 0 fully saturated rings. The van der Waals surface area contributed by atoms with E-state index in [0.29, 0.717) is 10.2 Å². The summed E-state index contributed by atoms with van der Waals surface area (Å²) in [5.74, 6) is 0.414. The van der Waals surface area contributed by atoms with Crippen LogP contribution in [0.3, 0.4) is 0 Å². The number of thioether (sulfide) groups is 1. The second-order valence-corrected chi connectivity index (χ2v) is 6.26. The summed E-state index contributed by atoms with van der Waals surface area (Å²) in [5, 5.41) is 14.2. The standard InChI is InChI=1S/C15H18ClN5O2S/c1-3-8-21-13(10-4-6-11(16)7-5-10)19-20-15(21)24-9-12(22)18-14(23)17-2/h4-7H,3,8-9H2,1-2H3,(H2,17,18,22,23). The predicted molar refractivity (Wildman–Crippen MR) is 94.1 cm³/mol. The molecule has 0 bridgehead atoms. The lowest BCUT2D eigenvalue weighted by atomic mass is 10.2. The fraction of sp³-hybridized carbons (Fsp3) is 0.333. The molecule has 0 aliphatic rings. The summed E-state index contributed by atoms with van der Waals surface area (Å²) in [6, 6.07) is 6.82. The lowest BCUT2D eigenvalue weighted by molar-refractivity contribution is -0.117. The summed E-state index contributed by atoms with van der Waals surface area (Å²) in [4.78, 5) is 22.8. The van der Waals surface area contributed by atoms with E-state index in [2.05, 4.69) is 27.8 Å². The summed E-state index contributed by atoms with van der Waals surface area (Å²) in [5.41, 5.74) is 0.905. The van der Waals surface area contributed by atoms with Crippen molar-refractivity contribution in [2.75, 3.05) is 12.8 Å². The number of amides is 3. The highest BCUT2D eigenvalue weighted by molar-refractivity contribution is 7.99. The Bertz CT molecular complexity index is 717. The van der Waals surface area contributed by atoms with Gasteiger partial charge in [-0.25, -0.2) is 4.79 Å². The van der Waals surface area contributed by atoms with Gasteiger partial charge in [0, 0.05) is 24.2 Å². The highest BCUT2D eigenvalue weighted by Gasteiger charge is 2.15. The van der Waals surface area contributed by atoms with Gasteiger partial charge in [-0.3, -0.25) is 10.1 Å². The van der Waals surface area contributed by atoms with Crippen LogP contribution in [0.15, 0.2) is 29.4 Å². The van der Waals surface area contributed by atoms with E-state index in [-0.39, 0.29) is 5.75 Å². The van der Waals surface area contributed by atoms with Gasteiger partial charge in [-0.15, -0.1) is 10.2 Å². The number of carbonyl (C=O) groups is 2. The van der Waals surface area contributed by atoms with E-state index in [0.717, 1.165) is 24.4 Å². The lowest BCUT2D eigenvalue weighted by Gasteiger charge is -2.09. The van der Waals surface area contributed by atoms with Gasteiger partial charge in [-0.1, -0.05) is 30.3 Å². The molecule has 0 unspecified atom stereocenters. The number of nitrogens with zero attached hydrogens (tertiary/aromatic N) is 3. The van der Waals surface area contributed by atoms with Crippen molar-refractivity contribution in [3.8, 4) is 11.4 Å². The first kappa shape index (κ1) is 18.3. The number of halogens is 1. The van der Waals surface area contributed by atoms with Crippen LogP contribution >= 0.6 is 23.4 Å². The molecule has 3 amide bonds. The molecule has 24 heavy (non-hydrogen) atoms. The smallest absolute Gasteiger partial charge is 0.321 e. The number of imide groups is 1. The van der Waals surface area contributed by atoms with E-state index in [1.807, 2.05) is 16.7 Å². The van der Waals surface area contributed by atoms with Gasteiger partial charge in [0.1, 0.15) is 0 Å². The first-order valence-corrected chi connectivity index (χ1v) is 8.75. The van der Waals surface area contributed by atoms with Gasteiger partial charge in [0.2, 0.25) is 5.91 Å². The number of aromatic nitrogens is 3. The molecule has 1 aromatic heterocycles. The highest BCUT2D eigenvalue weighted by Crippen LogP contribution is 2.25. The fourth-order valence-electron chi connectivity index (χ4n) is 1.99. The van der Waals surface area contributed by atoms with Crippen LogP contribution in [0, 0.1) is 0 Å². The van der Waals surface area contributed by atoms with E-state index in [9.17, 15) is 9.59 Å². The first-order chi connectivity index (χ1) is 11.5. The Balaban J connectivity index is 2.14. The van der Waals surface area contributed by atoms with Gasteiger partial charge in [-0.05, 0) is 30.7 Å². The molecule has 0 aliphatic carbocycles. The van der Waals surface area contributed by atoms with E-state index in [1.165, 1.54) is 18.8 Å². The largest absolute Gasteiger partial charge is 0.341 e. The third-order valence-corrected chi connectivity index (χ3v) is 4.30. The Labute approximate surface area is 149 Å². The summed E-state index contributed by atoms with van der Waals surface area (Å²) >= 11 is 7.16. The molecule has 0 saturated carbocycles. The lowest BCUT2D eigenvalue weighted by Crippen LogP contribution is -2.38. The van der Waals surface area contributed by atoms with E-state index in [4.69, 9.17) is 11.6 Å². The number of urea groups is 1. The fourth-order valence-corrected chi connectivity index (χ4v) is 2.88. The molecule has 1 aromatic carbocycles. The van der Waals surface area contributed by atoms with Crippen molar-refractivity contribution in [2.45, 2.75) is 25.0 Å². The van der Waals surface area contributed by atoms with Crippen LogP contribution in [-0.4, -0.2) is 39.5 Å². The van der Waals surface area contributed by atoms with Crippen molar-refractivity contribution < 1.29 is 9.59 Å². The second kappa shape index (κ2) is 8.70. The van der Waals surface area contributed by atoms with E-state index in [1.54, 1.807) is 12.1 Å². The maximum absolute atomic E-state index is 11.7. The number of nitrogens with one attached hydrogen (secondary N) is 2. The van der Waals surface area contributed by atoms with Crippen molar-refractivity contribution in [2.24, 2.45) is 0 Å². The first-order valence-electron chi connectivity index (χ1n) is 7.38. The maximum Gasteiger partial charge on any atom is 0.321 e. The van der Waals surface area contributed by atoms with Crippen LogP contribution in [0.5, 0.6) is 0 Å². The zero-order valence-electron chi connectivity index (χ0n) is 13.4. The maximum atomic E-state index is 11.7. The van der Waals surface area contributed by atoms with Crippen LogP contribution < -0.4 is 10.6 Å². The van der Waals surface area contributed by atoms with Crippen molar-refractivity contribution in [3.63, 3.8) is 0 Å². The van der Waals surface area contributed by atoms with Crippen LogP contribution in [-0.2, 0) is 11.3 Å². The zero-order valence-corrected chi connectivity index (χ0v) is 14.9. The second-order valence-electron chi connectivity index (χ2n) is 4.88. The topological polar surface area (TPSA) is 88.9 Å². The van der Waals surface area contributed by atoms with Crippen molar-refractivity contribution in [3.05, 3.63) is 29.3 Å². The molecule has 2 rings (SSSR count). The van der Waals surface area contributed by atoms with Gasteiger partial charge < -0.3 is 9.88 Å². The summed E-state index contributed by atoms with van der Waals surface area (Å²) in [6.07, 6.45) is 0.899. The number of hydrogen-bond donors (Lipinski definition) is 2. The number of rotatable bonds is 6. The number of benzene rings is 1. The van der Waals surface area contributed by atoms with Crippen LogP contribution in [0.4, 0.5) is 4.79 Å².